The van der Waals surface area contributed by atoms with Gasteiger partial charge in [-0.3, -0.25) is 4.79 Å². The van der Waals surface area contributed by atoms with Crippen LogP contribution in [0, 0.1) is 16.7 Å². The third-order valence-electron chi connectivity index (χ3n) is 6.35. The monoisotopic (exact) mass is 303 g/mol. The van der Waals surface area contributed by atoms with Gasteiger partial charge < -0.3 is 15.2 Å². The molecule has 2 N–H and O–H groups in total. The number of fused-ring (bicyclic) bond motifs is 2. The molecule has 1 amide bonds. The molecule has 0 radical (unpaired) electrons. The van der Waals surface area contributed by atoms with Crippen molar-refractivity contribution in [1.82, 2.24) is 5.32 Å². The van der Waals surface area contributed by atoms with Gasteiger partial charge in [0.2, 0.25) is 0 Å². The SMILES string of the molecule is CC1(C)C2CCC1(C)C(NC(=O)COc1ccccc1O)C2. The number of carbonyl (C=O) groups excluding carboxylic acids is 1. The molecule has 2 aliphatic carbocycles. The van der Waals surface area contributed by atoms with Crippen LogP contribution in [0.25, 0.3) is 0 Å². The fourth-order valence-electron chi connectivity index (χ4n) is 4.38. The Labute approximate surface area is 131 Å². The predicted molar refractivity (Wildman–Crippen MR) is 84.8 cm³/mol. The minimum absolute atomic E-state index is 0.0586. The summed E-state index contributed by atoms with van der Waals surface area (Å²) < 4.78 is 5.41. The first-order chi connectivity index (χ1) is 10.3. The molecule has 2 aliphatic rings. The van der Waals surface area contributed by atoms with Gasteiger partial charge in [-0.05, 0) is 48.1 Å². The molecule has 0 spiro atoms. The number of amides is 1. The van der Waals surface area contributed by atoms with Crippen molar-refractivity contribution >= 4 is 5.91 Å². The van der Waals surface area contributed by atoms with E-state index in [1.807, 2.05) is 0 Å². The number of hydrogen-bond acceptors (Lipinski definition) is 3. The zero-order valence-electron chi connectivity index (χ0n) is 13.6. The van der Waals surface area contributed by atoms with E-state index >= 15 is 0 Å². The number of benzene rings is 1. The predicted octanol–water partition coefficient (Wildman–Crippen LogP) is 3.10. The first-order valence-electron chi connectivity index (χ1n) is 8.05. The summed E-state index contributed by atoms with van der Waals surface area (Å²) in [7, 11) is 0. The van der Waals surface area contributed by atoms with Crippen molar-refractivity contribution in [3.8, 4) is 11.5 Å². The molecule has 1 aromatic rings. The molecule has 4 heteroatoms. The fraction of sp³-hybridized carbons (Fsp3) is 0.611. The second-order valence-corrected chi connectivity index (χ2v) is 7.49. The number of rotatable bonds is 4. The average Bonchev–Trinajstić information content (AvgIpc) is 2.80. The van der Waals surface area contributed by atoms with Crippen molar-refractivity contribution in [3.05, 3.63) is 24.3 Å². The Bertz CT molecular complexity index is 583. The van der Waals surface area contributed by atoms with Gasteiger partial charge in [-0.1, -0.05) is 32.9 Å². The minimum Gasteiger partial charge on any atom is -0.504 e. The highest BCUT2D eigenvalue weighted by Gasteiger charge is 2.61. The summed E-state index contributed by atoms with van der Waals surface area (Å²) in [5.74, 6) is 0.986. The van der Waals surface area contributed by atoms with Crippen LogP contribution >= 0.6 is 0 Å². The van der Waals surface area contributed by atoms with Gasteiger partial charge in [-0.2, -0.15) is 0 Å². The normalized spacial score (nSPS) is 32.0. The molecule has 3 unspecified atom stereocenters. The number of nitrogens with one attached hydrogen (secondary N) is 1. The van der Waals surface area contributed by atoms with Gasteiger partial charge >= 0.3 is 0 Å². The molecule has 3 atom stereocenters. The van der Waals surface area contributed by atoms with Crippen molar-refractivity contribution in [3.63, 3.8) is 0 Å². The zero-order valence-corrected chi connectivity index (χ0v) is 13.6. The highest BCUT2D eigenvalue weighted by atomic mass is 16.5. The summed E-state index contributed by atoms with van der Waals surface area (Å²) in [6, 6.07) is 6.92. The Kier molecular flexibility index (Phi) is 3.58. The number of phenols is 1. The van der Waals surface area contributed by atoms with Crippen molar-refractivity contribution < 1.29 is 14.6 Å². The number of para-hydroxylation sites is 2. The van der Waals surface area contributed by atoms with Crippen LogP contribution in [-0.4, -0.2) is 23.7 Å². The molecule has 0 heterocycles. The molecule has 2 saturated carbocycles. The highest BCUT2D eigenvalue weighted by molar-refractivity contribution is 5.78. The number of carbonyl (C=O) groups is 1. The summed E-state index contributed by atoms with van der Waals surface area (Å²) in [4.78, 5) is 12.2. The van der Waals surface area contributed by atoms with E-state index in [1.165, 1.54) is 12.8 Å². The van der Waals surface area contributed by atoms with E-state index in [0.29, 0.717) is 11.7 Å². The van der Waals surface area contributed by atoms with Crippen molar-refractivity contribution in [2.24, 2.45) is 16.7 Å². The van der Waals surface area contributed by atoms with E-state index < -0.39 is 0 Å². The molecule has 0 saturated heterocycles. The van der Waals surface area contributed by atoms with Crippen molar-refractivity contribution in [2.75, 3.05) is 6.61 Å². The molecular formula is C18H25NO3. The number of hydrogen-bond donors (Lipinski definition) is 2. The summed E-state index contributed by atoms with van der Waals surface area (Å²) in [5.41, 5.74) is 0.450. The number of aromatic hydroxyl groups is 1. The Morgan fingerprint density at radius 1 is 1.36 bits per heavy atom. The second-order valence-electron chi connectivity index (χ2n) is 7.49. The van der Waals surface area contributed by atoms with Crippen molar-refractivity contribution in [1.29, 1.82) is 0 Å². The standard InChI is InChI=1S/C18H25NO3/c1-17(2)12-8-9-18(17,3)15(10-12)19-16(21)11-22-14-7-5-4-6-13(14)20/h4-7,12,15,20H,8-11H2,1-3H3,(H,19,21). The van der Waals surface area contributed by atoms with E-state index in [2.05, 4.69) is 26.1 Å². The second kappa shape index (κ2) is 5.18. The van der Waals surface area contributed by atoms with Gasteiger partial charge in [-0.25, -0.2) is 0 Å². The first-order valence-corrected chi connectivity index (χ1v) is 8.05. The summed E-state index contributed by atoms with van der Waals surface area (Å²) >= 11 is 0. The van der Waals surface area contributed by atoms with Crippen LogP contribution in [-0.2, 0) is 4.79 Å². The lowest BCUT2D eigenvalue weighted by molar-refractivity contribution is -0.124. The molecule has 1 aromatic carbocycles. The molecule has 3 rings (SSSR count). The lowest BCUT2D eigenvalue weighted by Gasteiger charge is -2.39. The molecule has 2 fully saturated rings. The Hall–Kier alpha value is -1.71. The maximum atomic E-state index is 12.2. The lowest BCUT2D eigenvalue weighted by atomic mass is 9.69. The van der Waals surface area contributed by atoms with Gasteiger partial charge in [-0.15, -0.1) is 0 Å². The lowest BCUT2D eigenvalue weighted by Crippen LogP contribution is -2.48. The van der Waals surface area contributed by atoms with E-state index in [9.17, 15) is 9.90 Å². The largest absolute Gasteiger partial charge is 0.504 e. The van der Waals surface area contributed by atoms with Crippen LogP contribution in [0.15, 0.2) is 24.3 Å². The molecule has 0 aliphatic heterocycles. The minimum atomic E-state index is -0.113. The Balaban J connectivity index is 1.59. The average molecular weight is 303 g/mol. The maximum absolute atomic E-state index is 12.2. The van der Waals surface area contributed by atoms with Crippen LogP contribution in [0.3, 0.4) is 0 Å². The Morgan fingerprint density at radius 3 is 2.68 bits per heavy atom. The molecular weight excluding hydrogens is 278 g/mol. The van der Waals surface area contributed by atoms with Gasteiger partial charge in [0.25, 0.3) is 5.91 Å². The van der Waals surface area contributed by atoms with Gasteiger partial charge in [0.05, 0.1) is 0 Å². The van der Waals surface area contributed by atoms with E-state index in [0.717, 1.165) is 6.42 Å². The summed E-state index contributed by atoms with van der Waals surface area (Å²) in [6.45, 7) is 6.90. The van der Waals surface area contributed by atoms with Crippen LogP contribution in [0.5, 0.6) is 11.5 Å². The third kappa shape index (κ3) is 2.25. The third-order valence-corrected chi connectivity index (χ3v) is 6.35. The summed E-state index contributed by atoms with van der Waals surface area (Å²) in [5, 5.41) is 12.8. The van der Waals surface area contributed by atoms with Crippen LogP contribution in [0.4, 0.5) is 0 Å². The molecule has 22 heavy (non-hydrogen) atoms. The smallest absolute Gasteiger partial charge is 0.258 e. The van der Waals surface area contributed by atoms with Crippen LogP contribution < -0.4 is 10.1 Å². The maximum Gasteiger partial charge on any atom is 0.258 e. The zero-order chi connectivity index (χ0) is 16.0. The van der Waals surface area contributed by atoms with Gasteiger partial charge in [0.1, 0.15) is 0 Å². The highest BCUT2D eigenvalue weighted by Crippen LogP contribution is 2.65. The molecule has 2 bridgehead atoms. The topological polar surface area (TPSA) is 58.6 Å². The van der Waals surface area contributed by atoms with Gasteiger partial charge in [0.15, 0.2) is 18.1 Å². The quantitative estimate of drug-likeness (QED) is 0.898. The van der Waals surface area contributed by atoms with Crippen LogP contribution in [0.1, 0.15) is 40.0 Å². The Morgan fingerprint density at radius 2 is 2.09 bits per heavy atom. The van der Waals surface area contributed by atoms with E-state index in [-0.39, 0.29) is 35.1 Å². The first kappa shape index (κ1) is 15.2. The fourth-order valence-corrected chi connectivity index (χ4v) is 4.38. The van der Waals surface area contributed by atoms with Crippen LogP contribution in [0.2, 0.25) is 0 Å². The van der Waals surface area contributed by atoms with E-state index in [4.69, 9.17) is 4.74 Å². The summed E-state index contributed by atoms with van der Waals surface area (Å²) in [6.07, 6.45) is 3.51. The molecule has 0 aromatic heterocycles. The molecule has 4 nitrogen and oxygen atoms in total. The number of ether oxygens (including phenoxy) is 1. The van der Waals surface area contributed by atoms with Crippen molar-refractivity contribution in [2.45, 2.75) is 46.1 Å². The van der Waals surface area contributed by atoms with E-state index in [1.54, 1.807) is 24.3 Å². The molecule has 120 valence electrons. The van der Waals surface area contributed by atoms with Gasteiger partial charge in [0, 0.05) is 6.04 Å². The number of phenolic OH excluding ortho intramolecular Hbond substituents is 1.